The Bertz CT molecular complexity index is 714. The molecule has 1 atom stereocenters. The van der Waals surface area contributed by atoms with Crippen molar-refractivity contribution in [3.8, 4) is 0 Å². The molecule has 0 aromatic carbocycles. The van der Waals surface area contributed by atoms with Gasteiger partial charge < -0.3 is 5.32 Å². The second-order valence-corrected chi connectivity index (χ2v) is 10.5. The van der Waals surface area contributed by atoms with E-state index >= 15 is 0 Å². The highest BCUT2D eigenvalue weighted by molar-refractivity contribution is 7.99. The Balaban J connectivity index is 1.94. The Hall–Kier alpha value is -1.12. The second-order valence-electron chi connectivity index (χ2n) is 7.53. The molecule has 0 bridgehead atoms. The van der Waals surface area contributed by atoms with E-state index in [0.29, 0.717) is 10.9 Å². The lowest BCUT2D eigenvalue weighted by atomic mass is 9.96. The maximum atomic E-state index is 12.8. The topological polar surface area (TPSA) is 79.4 Å². The molecule has 1 fully saturated rings. The third-order valence-corrected chi connectivity index (χ3v) is 8.05. The van der Waals surface area contributed by atoms with E-state index in [0.717, 1.165) is 25.7 Å². The Morgan fingerprint density at radius 3 is 2.48 bits per heavy atom. The number of hydrogen-bond donors (Lipinski definition) is 1. The molecule has 152 valence electrons. The second kappa shape index (κ2) is 9.89. The Morgan fingerprint density at radius 1 is 1.26 bits per heavy atom. The molecule has 2 rings (SSSR count). The number of amides is 1. The zero-order valence-electron chi connectivity index (χ0n) is 16.6. The van der Waals surface area contributed by atoms with E-state index in [1.54, 1.807) is 19.2 Å². The summed E-state index contributed by atoms with van der Waals surface area (Å²) in [7, 11) is -1.87. The van der Waals surface area contributed by atoms with Crippen molar-refractivity contribution in [2.75, 3.05) is 12.8 Å². The molecule has 1 amide bonds. The van der Waals surface area contributed by atoms with Crippen LogP contribution in [0.1, 0.15) is 52.9 Å². The summed E-state index contributed by atoms with van der Waals surface area (Å²) < 4.78 is 27.1. The maximum Gasteiger partial charge on any atom is 0.244 e. The minimum Gasteiger partial charge on any atom is -0.353 e. The maximum absolute atomic E-state index is 12.8. The molecule has 1 aromatic heterocycles. The van der Waals surface area contributed by atoms with Gasteiger partial charge in [-0.2, -0.15) is 4.31 Å². The number of carbonyl (C=O) groups excluding carboxylic acids is 1. The molecule has 0 saturated heterocycles. The van der Waals surface area contributed by atoms with Crippen molar-refractivity contribution in [1.82, 2.24) is 14.6 Å². The minimum atomic E-state index is -3.53. The van der Waals surface area contributed by atoms with Gasteiger partial charge in [-0.3, -0.25) is 4.79 Å². The summed E-state index contributed by atoms with van der Waals surface area (Å²) in [6.45, 7) is 6.10. The fourth-order valence-corrected chi connectivity index (χ4v) is 5.03. The summed E-state index contributed by atoms with van der Waals surface area (Å²) in [4.78, 5) is 16.4. The molecule has 6 nitrogen and oxygen atoms in total. The molecule has 1 N–H and O–H groups in total. The van der Waals surface area contributed by atoms with Crippen LogP contribution in [0.25, 0.3) is 0 Å². The highest BCUT2D eigenvalue weighted by Crippen LogP contribution is 2.27. The summed E-state index contributed by atoms with van der Waals surface area (Å²) in [6, 6.07) is 3.45. The van der Waals surface area contributed by atoms with E-state index in [-0.39, 0.29) is 28.6 Å². The van der Waals surface area contributed by atoms with Gasteiger partial charge in [0.2, 0.25) is 15.9 Å². The molecule has 1 heterocycles. The molecule has 1 aromatic rings. The molecule has 27 heavy (non-hydrogen) atoms. The summed E-state index contributed by atoms with van der Waals surface area (Å²) in [6.07, 6.45) is 6.57. The van der Waals surface area contributed by atoms with Crippen LogP contribution in [0.4, 0.5) is 0 Å². The van der Waals surface area contributed by atoms with Crippen LogP contribution in [0.3, 0.4) is 0 Å². The van der Waals surface area contributed by atoms with Crippen molar-refractivity contribution in [3.63, 3.8) is 0 Å². The van der Waals surface area contributed by atoms with Crippen molar-refractivity contribution >= 4 is 27.7 Å². The SMILES string of the molecule is CC(C)[C@H](C)NC(=O)CSc1ccc(S(=O)(=O)N(C)C2CCCCC2)cn1. The normalized spacial score (nSPS) is 17.3. The average molecular weight is 414 g/mol. The van der Waals surface area contributed by atoms with Crippen LogP contribution < -0.4 is 5.32 Å². The van der Waals surface area contributed by atoms with E-state index in [1.165, 1.54) is 28.7 Å². The quantitative estimate of drug-likeness (QED) is 0.662. The number of nitrogens with zero attached hydrogens (tertiary/aromatic N) is 2. The zero-order chi connectivity index (χ0) is 20.0. The standard InChI is InChI=1S/C19H31N3O3S2/c1-14(2)15(3)21-18(23)13-26-19-11-10-17(12-20-19)27(24,25)22(4)16-8-6-5-7-9-16/h10-12,14-16H,5-9,13H2,1-4H3,(H,21,23)/t15-/m0/s1. The number of aromatic nitrogens is 1. The highest BCUT2D eigenvalue weighted by Gasteiger charge is 2.29. The van der Waals surface area contributed by atoms with Gasteiger partial charge >= 0.3 is 0 Å². The fourth-order valence-electron chi connectivity index (χ4n) is 3.01. The molecule has 0 unspecified atom stereocenters. The number of carbonyl (C=O) groups is 1. The van der Waals surface area contributed by atoms with Gasteiger partial charge in [0, 0.05) is 25.3 Å². The molecular weight excluding hydrogens is 382 g/mol. The lowest BCUT2D eigenvalue weighted by Crippen LogP contribution is -2.38. The van der Waals surface area contributed by atoms with Gasteiger partial charge in [0.25, 0.3) is 0 Å². The number of pyridine rings is 1. The van der Waals surface area contributed by atoms with Crippen molar-refractivity contribution < 1.29 is 13.2 Å². The molecule has 1 aliphatic carbocycles. The van der Waals surface area contributed by atoms with Crippen LogP contribution in [0.5, 0.6) is 0 Å². The van der Waals surface area contributed by atoms with Crippen LogP contribution >= 0.6 is 11.8 Å². The van der Waals surface area contributed by atoms with Gasteiger partial charge in [-0.1, -0.05) is 44.9 Å². The zero-order valence-corrected chi connectivity index (χ0v) is 18.3. The number of hydrogen-bond acceptors (Lipinski definition) is 5. The first-order chi connectivity index (χ1) is 12.7. The summed E-state index contributed by atoms with van der Waals surface area (Å²) >= 11 is 1.31. The van der Waals surface area contributed by atoms with Crippen molar-refractivity contribution in [2.45, 2.75) is 74.9 Å². The first kappa shape index (κ1) is 22.2. The predicted octanol–water partition coefficient (Wildman–Crippen LogP) is 3.29. The molecule has 1 aliphatic rings. The lowest BCUT2D eigenvalue weighted by Gasteiger charge is -2.30. The predicted molar refractivity (Wildman–Crippen MR) is 109 cm³/mol. The Kier molecular flexibility index (Phi) is 8.12. The van der Waals surface area contributed by atoms with E-state index in [1.807, 2.05) is 6.92 Å². The van der Waals surface area contributed by atoms with Gasteiger partial charge in [0.1, 0.15) is 4.90 Å². The van der Waals surface area contributed by atoms with Gasteiger partial charge in [0.05, 0.1) is 10.8 Å². The molecule has 0 radical (unpaired) electrons. The van der Waals surface area contributed by atoms with Gasteiger partial charge in [-0.15, -0.1) is 0 Å². The van der Waals surface area contributed by atoms with E-state index in [9.17, 15) is 13.2 Å². The Morgan fingerprint density at radius 2 is 1.93 bits per heavy atom. The molecule has 0 aliphatic heterocycles. The number of sulfonamides is 1. The van der Waals surface area contributed by atoms with Crippen LogP contribution in [0.15, 0.2) is 28.3 Å². The minimum absolute atomic E-state index is 0.0447. The van der Waals surface area contributed by atoms with E-state index in [4.69, 9.17) is 0 Å². The van der Waals surface area contributed by atoms with Crippen molar-refractivity contribution in [3.05, 3.63) is 18.3 Å². The highest BCUT2D eigenvalue weighted by atomic mass is 32.2. The van der Waals surface area contributed by atoms with Crippen molar-refractivity contribution in [1.29, 1.82) is 0 Å². The smallest absolute Gasteiger partial charge is 0.244 e. The van der Waals surface area contributed by atoms with Gasteiger partial charge in [0.15, 0.2) is 0 Å². The molecule has 8 heteroatoms. The van der Waals surface area contributed by atoms with Gasteiger partial charge in [-0.05, 0) is 37.8 Å². The number of nitrogens with one attached hydrogen (secondary N) is 1. The third kappa shape index (κ3) is 6.19. The van der Waals surface area contributed by atoms with Crippen LogP contribution in [-0.4, -0.2) is 48.5 Å². The number of rotatable bonds is 8. The molecule has 1 saturated carbocycles. The monoisotopic (exact) mass is 413 g/mol. The molecule has 0 spiro atoms. The first-order valence-corrected chi connectivity index (χ1v) is 12.0. The molecular formula is C19H31N3O3S2. The van der Waals surface area contributed by atoms with Gasteiger partial charge in [-0.25, -0.2) is 13.4 Å². The Labute approximate surface area is 167 Å². The number of thioether (sulfide) groups is 1. The van der Waals surface area contributed by atoms with Crippen LogP contribution in [0.2, 0.25) is 0 Å². The largest absolute Gasteiger partial charge is 0.353 e. The van der Waals surface area contributed by atoms with E-state index in [2.05, 4.69) is 24.1 Å². The van der Waals surface area contributed by atoms with Crippen LogP contribution in [-0.2, 0) is 14.8 Å². The van der Waals surface area contributed by atoms with Crippen LogP contribution in [0, 0.1) is 5.92 Å². The van der Waals surface area contributed by atoms with E-state index < -0.39 is 10.0 Å². The lowest BCUT2D eigenvalue weighted by molar-refractivity contribution is -0.119. The summed E-state index contributed by atoms with van der Waals surface area (Å²) in [5, 5.41) is 3.59. The van der Waals surface area contributed by atoms with Crippen molar-refractivity contribution in [2.24, 2.45) is 5.92 Å². The third-order valence-electron chi connectivity index (χ3n) is 5.21. The summed E-state index contributed by atoms with van der Waals surface area (Å²) in [5.41, 5.74) is 0. The first-order valence-electron chi connectivity index (χ1n) is 9.58. The summed E-state index contributed by atoms with van der Waals surface area (Å²) in [5.74, 6) is 0.595. The average Bonchev–Trinajstić information content (AvgIpc) is 2.66. The fraction of sp³-hybridized carbons (Fsp3) is 0.684.